The van der Waals surface area contributed by atoms with Crippen molar-refractivity contribution in [3.63, 3.8) is 0 Å². The fraction of sp³-hybridized carbons (Fsp3) is 0.684. The van der Waals surface area contributed by atoms with Crippen LogP contribution in [-0.4, -0.2) is 38.9 Å². The highest BCUT2D eigenvalue weighted by molar-refractivity contribution is 5.96. The third-order valence-electron chi connectivity index (χ3n) is 4.24. The van der Waals surface area contributed by atoms with Gasteiger partial charge in [0.15, 0.2) is 5.78 Å². The predicted octanol–water partition coefficient (Wildman–Crippen LogP) is 2.66. The Labute approximate surface area is 156 Å². The third-order valence-corrected chi connectivity index (χ3v) is 4.24. The standard InChI is InChI=1S/C19H32N4O3/c1-6-15(2)9-12-26-19(4,5)10-11-23-14-17(21-22-23)13-20-18(25)8-7-16(3)24/h7-8,14-15H,6,9-13H2,1-5H3,(H,20,25)/b8-7+. The molecule has 0 fully saturated rings. The number of aryl methyl sites for hydroxylation is 1. The summed E-state index contributed by atoms with van der Waals surface area (Å²) in [6, 6.07) is 0. The molecule has 1 aromatic rings. The summed E-state index contributed by atoms with van der Waals surface area (Å²) < 4.78 is 7.76. The molecule has 7 heteroatoms. The van der Waals surface area contributed by atoms with Crippen LogP contribution in [0.5, 0.6) is 0 Å². The molecular formula is C19H32N4O3. The lowest BCUT2D eigenvalue weighted by Gasteiger charge is -2.26. The maximum Gasteiger partial charge on any atom is 0.244 e. The molecule has 1 rings (SSSR count). The van der Waals surface area contributed by atoms with Gasteiger partial charge in [0.2, 0.25) is 5.91 Å². The minimum Gasteiger partial charge on any atom is -0.375 e. The molecule has 0 spiro atoms. The second-order valence-electron chi connectivity index (χ2n) is 7.29. The lowest BCUT2D eigenvalue weighted by Crippen LogP contribution is -2.27. The summed E-state index contributed by atoms with van der Waals surface area (Å²) >= 11 is 0. The Hall–Kier alpha value is -2.02. The van der Waals surface area contributed by atoms with Crippen molar-refractivity contribution < 1.29 is 14.3 Å². The van der Waals surface area contributed by atoms with Gasteiger partial charge < -0.3 is 10.1 Å². The SMILES string of the molecule is CCC(C)CCOC(C)(C)CCn1cc(CNC(=O)/C=C/C(C)=O)nn1. The van der Waals surface area contributed by atoms with E-state index in [2.05, 4.69) is 43.3 Å². The number of carbonyl (C=O) groups excluding carboxylic acids is 2. The van der Waals surface area contributed by atoms with E-state index in [1.54, 1.807) is 4.68 Å². The Morgan fingerprint density at radius 1 is 1.38 bits per heavy atom. The van der Waals surface area contributed by atoms with Crippen molar-refractivity contribution in [1.29, 1.82) is 0 Å². The van der Waals surface area contributed by atoms with E-state index in [1.807, 2.05) is 6.20 Å². The number of hydrogen-bond acceptors (Lipinski definition) is 5. The number of nitrogens with one attached hydrogen (secondary N) is 1. The third kappa shape index (κ3) is 9.46. The van der Waals surface area contributed by atoms with Crippen LogP contribution < -0.4 is 5.32 Å². The van der Waals surface area contributed by atoms with Gasteiger partial charge in [-0.05, 0) is 45.6 Å². The molecule has 0 saturated carbocycles. The molecule has 0 aromatic carbocycles. The first-order valence-electron chi connectivity index (χ1n) is 9.21. The minimum atomic E-state index is -0.328. The number of rotatable bonds is 12. The maximum absolute atomic E-state index is 11.5. The number of allylic oxidation sites excluding steroid dienone is 1. The maximum atomic E-state index is 11.5. The molecule has 0 aliphatic carbocycles. The summed E-state index contributed by atoms with van der Waals surface area (Å²) in [5.41, 5.74) is 0.454. The molecule has 1 heterocycles. The molecule has 0 aliphatic rings. The Morgan fingerprint density at radius 3 is 2.77 bits per heavy atom. The van der Waals surface area contributed by atoms with Crippen LogP contribution in [0.25, 0.3) is 0 Å². The summed E-state index contributed by atoms with van der Waals surface area (Å²) in [6.45, 7) is 11.7. The average Bonchev–Trinajstić information content (AvgIpc) is 3.04. The van der Waals surface area contributed by atoms with Crippen LogP contribution in [-0.2, 0) is 27.4 Å². The molecule has 0 saturated heterocycles. The number of amides is 1. The zero-order valence-electron chi connectivity index (χ0n) is 16.6. The van der Waals surface area contributed by atoms with Crippen LogP contribution in [0.2, 0.25) is 0 Å². The average molecular weight is 364 g/mol. The zero-order chi connectivity index (χ0) is 19.6. The molecule has 1 atom stereocenters. The van der Waals surface area contributed by atoms with Crippen molar-refractivity contribution in [3.8, 4) is 0 Å². The first-order valence-corrected chi connectivity index (χ1v) is 9.21. The predicted molar refractivity (Wildman–Crippen MR) is 100 cm³/mol. The zero-order valence-corrected chi connectivity index (χ0v) is 16.6. The van der Waals surface area contributed by atoms with Crippen LogP contribution >= 0.6 is 0 Å². The molecule has 7 nitrogen and oxygen atoms in total. The first kappa shape index (κ1) is 22.0. The molecule has 0 radical (unpaired) electrons. The van der Waals surface area contributed by atoms with E-state index in [-0.39, 0.29) is 23.8 Å². The number of ether oxygens (including phenoxy) is 1. The van der Waals surface area contributed by atoms with Crippen molar-refractivity contribution in [2.75, 3.05) is 6.61 Å². The van der Waals surface area contributed by atoms with E-state index in [4.69, 9.17) is 4.74 Å². The quantitative estimate of drug-likeness (QED) is 0.576. The summed E-state index contributed by atoms with van der Waals surface area (Å²) in [5, 5.41) is 10.8. The summed E-state index contributed by atoms with van der Waals surface area (Å²) in [7, 11) is 0. The lowest BCUT2D eigenvalue weighted by molar-refractivity contribution is -0.117. The summed E-state index contributed by atoms with van der Waals surface area (Å²) in [4.78, 5) is 22.3. The molecular weight excluding hydrogens is 332 g/mol. The van der Waals surface area contributed by atoms with Crippen LogP contribution in [0.3, 0.4) is 0 Å². The molecule has 0 aliphatic heterocycles. The molecule has 1 amide bonds. The fourth-order valence-corrected chi connectivity index (χ4v) is 2.15. The summed E-state index contributed by atoms with van der Waals surface area (Å²) in [6.07, 6.45) is 7.33. The van der Waals surface area contributed by atoms with Gasteiger partial charge in [0.25, 0.3) is 0 Å². The van der Waals surface area contributed by atoms with Crippen molar-refractivity contribution >= 4 is 11.7 Å². The molecule has 146 valence electrons. The molecule has 26 heavy (non-hydrogen) atoms. The van der Waals surface area contributed by atoms with Gasteiger partial charge in [-0.25, -0.2) is 0 Å². The van der Waals surface area contributed by atoms with Crippen LogP contribution in [0.4, 0.5) is 0 Å². The highest BCUT2D eigenvalue weighted by Gasteiger charge is 2.19. The van der Waals surface area contributed by atoms with E-state index in [0.717, 1.165) is 19.4 Å². The normalized spacial score (nSPS) is 13.1. The molecule has 0 bridgehead atoms. The second kappa shape index (κ2) is 10.9. The van der Waals surface area contributed by atoms with Gasteiger partial charge in [0.1, 0.15) is 5.69 Å². The smallest absolute Gasteiger partial charge is 0.244 e. The van der Waals surface area contributed by atoms with Gasteiger partial charge in [0, 0.05) is 19.2 Å². The monoisotopic (exact) mass is 364 g/mol. The topological polar surface area (TPSA) is 86.1 Å². The molecule has 1 aromatic heterocycles. The Morgan fingerprint density at radius 2 is 2.12 bits per heavy atom. The number of ketones is 1. The Balaban J connectivity index is 2.36. The van der Waals surface area contributed by atoms with Gasteiger partial charge in [0.05, 0.1) is 18.3 Å². The molecule has 1 N–H and O–H groups in total. The Kier molecular flexibility index (Phi) is 9.19. The lowest BCUT2D eigenvalue weighted by atomic mass is 10.0. The van der Waals surface area contributed by atoms with E-state index in [0.29, 0.717) is 18.2 Å². The number of carbonyl (C=O) groups is 2. The van der Waals surface area contributed by atoms with E-state index in [9.17, 15) is 9.59 Å². The van der Waals surface area contributed by atoms with Gasteiger partial charge in [-0.1, -0.05) is 25.5 Å². The highest BCUT2D eigenvalue weighted by Crippen LogP contribution is 2.17. The van der Waals surface area contributed by atoms with Gasteiger partial charge in [-0.15, -0.1) is 5.10 Å². The van der Waals surface area contributed by atoms with Gasteiger partial charge in [-0.2, -0.15) is 0 Å². The largest absolute Gasteiger partial charge is 0.375 e. The first-order chi connectivity index (χ1) is 12.2. The van der Waals surface area contributed by atoms with Crippen molar-refractivity contribution in [1.82, 2.24) is 20.3 Å². The van der Waals surface area contributed by atoms with Crippen LogP contribution in [0.15, 0.2) is 18.3 Å². The summed E-state index contributed by atoms with van der Waals surface area (Å²) in [5.74, 6) is 0.190. The number of aromatic nitrogens is 3. The van der Waals surface area contributed by atoms with Crippen molar-refractivity contribution in [2.24, 2.45) is 5.92 Å². The fourth-order valence-electron chi connectivity index (χ4n) is 2.15. The number of nitrogens with zero attached hydrogens (tertiary/aromatic N) is 3. The van der Waals surface area contributed by atoms with Crippen LogP contribution in [0.1, 0.15) is 59.6 Å². The van der Waals surface area contributed by atoms with E-state index in [1.165, 1.54) is 25.5 Å². The minimum absolute atomic E-state index is 0.167. The second-order valence-corrected chi connectivity index (χ2v) is 7.29. The van der Waals surface area contributed by atoms with Crippen LogP contribution in [0, 0.1) is 5.92 Å². The van der Waals surface area contributed by atoms with Crippen molar-refractivity contribution in [3.05, 3.63) is 24.0 Å². The van der Waals surface area contributed by atoms with Crippen molar-refractivity contribution in [2.45, 2.75) is 72.6 Å². The molecule has 1 unspecified atom stereocenters. The Bertz CT molecular complexity index is 608. The number of hydrogen-bond donors (Lipinski definition) is 1. The van der Waals surface area contributed by atoms with Gasteiger partial charge >= 0.3 is 0 Å². The van der Waals surface area contributed by atoms with Gasteiger partial charge in [-0.3, -0.25) is 14.3 Å². The highest BCUT2D eigenvalue weighted by atomic mass is 16.5. The van der Waals surface area contributed by atoms with E-state index >= 15 is 0 Å². The van der Waals surface area contributed by atoms with E-state index < -0.39 is 0 Å².